The monoisotopic (exact) mass is 285 g/mol. The molecule has 0 aromatic carbocycles. The maximum absolute atomic E-state index is 12.3. The van der Waals surface area contributed by atoms with Crippen molar-refractivity contribution in [3.05, 3.63) is 47.4 Å². The van der Waals surface area contributed by atoms with E-state index in [4.69, 9.17) is 4.42 Å². The summed E-state index contributed by atoms with van der Waals surface area (Å²) in [6.45, 7) is 4.44. The Morgan fingerprint density at radius 2 is 2.19 bits per heavy atom. The molecule has 1 amide bonds. The van der Waals surface area contributed by atoms with Crippen LogP contribution in [0.5, 0.6) is 0 Å². The highest BCUT2D eigenvalue weighted by Crippen LogP contribution is 2.47. The Morgan fingerprint density at radius 1 is 1.43 bits per heavy atom. The summed E-state index contributed by atoms with van der Waals surface area (Å²) in [6.07, 6.45) is 2.80. The van der Waals surface area contributed by atoms with E-state index in [1.165, 1.54) is 6.42 Å². The van der Waals surface area contributed by atoms with E-state index in [1.54, 1.807) is 31.1 Å². The van der Waals surface area contributed by atoms with Crippen molar-refractivity contribution in [3.8, 4) is 0 Å². The summed E-state index contributed by atoms with van der Waals surface area (Å²) < 4.78 is 5.83. The summed E-state index contributed by atoms with van der Waals surface area (Å²) in [5, 5.41) is 0. The van der Waals surface area contributed by atoms with Gasteiger partial charge < -0.3 is 9.32 Å². The number of hydrogen-bond acceptors (Lipinski definition) is 4. The molecule has 1 saturated carbocycles. The number of aromatic nitrogens is 2. The van der Waals surface area contributed by atoms with Crippen molar-refractivity contribution in [2.45, 2.75) is 32.7 Å². The highest BCUT2D eigenvalue weighted by Gasteiger charge is 2.36. The van der Waals surface area contributed by atoms with Crippen LogP contribution in [0, 0.1) is 12.8 Å². The van der Waals surface area contributed by atoms with Gasteiger partial charge in [-0.05, 0) is 37.5 Å². The van der Waals surface area contributed by atoms with Crippen molar-refractivity contribution in [1.82, 2.24) is 14.9 Å². The minimum Gasteiger partial charge on any atom is -0.464 e. The third-order valence-corrected chi connectivity index (χ3v) is 3.89. The van der Waals surface area contributed by atoms with Crippen LogP contribution < -0.4 is 0 Å². The van der Waals surface area contributed by atoms with Crippen molar-refractivity contribution in [3.63, 3.8) is 0 Å². The Morgan fingerprint density at radius 3 is 2.86 bits per heavy atom. The van der Waals surface area contributed by atoms with Gasteiger partial charge in [-0.15, -0.1) is 0 Å². The number of aryl methyl sites for hydroxylation is 1. The number of hydrogen-bond donors (Lipinski definition) is 0. The van der Waals surface area contributed by atoms with Crippen LogP contribution in [0.25, 0.3) is 0 Å². The molecule has 0 bridgehead atoms. The molecular weight excluding hydrogens is 266 g/mol. The average molecular weight is 285 g/mol. The average Bonchev–Trinajstić information content (AvgIpc) is 3.01. The fraction of sp³-hybridized carbons (Fsp3) is 0.438. The zero-order valence-corrected chi connectivity index (χ0v) is 12.5. The molecule has 2 atom stereocenters. The van der Waals surface area contributed by atoms with Crippen molar-refractivity contribution in [2.24, 2.45) is 5.92 Å². The fourth-order valence-corrected chi connectivity index (χ4v) is 2.47. The van der Waals surface area contributed by atoms with Gasteiger partial charge in [-0.1, -0.05) is 6.92 Å². The number of carbonyl (C=O) groups excluding carboxylic acids is 1. The molecule has 1 fully saturated rings. The molecule has 5 heteroatoms. The topological polar surface area (TPSA) is 59.2 Å². The molecule has 1 aliphatic carbocycles. The lowest BCUT2D eigenvalue weighted by atomic mass is 10.3. The molecule has 0 aliphatic heterocycles. The quantitative estimate of drug-likeness (QED) is 0.866. The molecule has 0 unspecified atom stereocenters. The molecule has 0 N–H and O–H groups in total. The number of nitrogens with zero attached hydrogens (tertiary/aromatic N) is 3. The Labute approximate surface area is 124 Å². The minimum atomic E-state index is -0.127. The van der Waals surface area contributed by atoms with Gasteiger partial charge in [-0.3, -0.25) is 4.79 Å². The second-order valence-corrected chi connectivity index (χ2v) is 5.77. The van der Waals surface area contributed by atoms with Crippen molar-refractivity contribution < 1.29 is 9.21 Å². The zero-order valence-electron chi connectivity index (χ0n) is 12.5. The maximum Gasteiger partial charge on any atom is 0.272 e. The molecule has 2 aromatic rings. The van der Waals surface area contributed by atoms with E-state index in [0.29, 0.717) is 29.9 Å². The Bertz CT molecular complexity index is 665. The standard InChI is InChI=1S/C16H19N3O2/c1-10-8-13(10)15-5-4-12(21-15)9-19(3)16(20)14-6-7-17-11(2)18-14/h4-7,10,13H,8-9H2,1-3H3/t10-,13-/m1/s1. The number of carbonyl (C=O) groups is 1. The van der Waals surface area contributed by atoms with E-state index < -0.39 is 0 Å². The first-order valence-corrected chi connectivity index (χ1v) is 7.18. The van der Waals surface area contributed by atoms with Gasteiger partial charge in [0.15, 0.2) is 0 Å². The van der Waals surface area contributed by atoms with Gasteiger partial charge in [0.05, 0.1) is 6.54 Å². The fourth-order valence-electron chi connectivity index (χ4n) is 2.47. The normalized spacial score (nSPS) is 20.3. The second kappa shape index (κ2) is 5.31. The van der Waals surface area contributed by atoms with Gasteiger partial charge in [0, 0.05) is 19.2 Å². The number of rotatable bonds is 4. The van der Waals surface area contributed by atoms with Crippen LogP contribution in [0.15, 0.2) is 28.8 Å². The Hall–Kier alpha value is -2.17. The predicted octanol–water partition coefficient (Wildman–Crippen LogP) is 2.77. The first-order chi connectivity index (χ1) is 10.0. The van der Waals surface area contributed by atoms with Crippen LogP contribution in [0.2, 0.25) is 0 Å². The van der Waals surface area contributed by atoms with Crippen LogP contribution in [0.4, 0.5) is 0 Å². The molecule has 1 aliphatic rings. The molecule has 2 heterocycles. The molecule has 2 aromatic heterocycles. The van der Waals surface area contributed by atoms with Crippen molar-refractivity contribution in [1.29, 1.82) is 0 Å². The van der Waals surface area contributed by atoms with Crippen LogP contribution >= 0.6 is 0 Å². The highest BCUT2D eigenvalue weighted by molar-refractivity contribution is 5.91. The molecule has 110 valence electrons. The first-order valence-electron chi connectivity index (χ1n) is 7.18. The largest absolute Gasteiger partial charge is 0.464 e. The lowest BCUT2D eigenvalue weighted by Crippen LogP contribution is -2.27. The molecule has 0 spiro atoms. The van der Waals surface area contributed by atoms with Crippen LogP contribution in [0.3, 0.4) is 0 Å². The van der Waals surface area contributed by atoms with Crippen LogP contribution in [-0.2, 0) is 6.54 Å². The zero-order chi connectivity index (χ0) is 15.0. The SMILES string of the molecule is Cc1nccc(C(=O)N(C)Cc2ccc([C@@H]3C[C@H]3C)o2)n1. The van der Waals surface area contributed by atoms with E-state index >= 15 is 0 Å². The van der Waals surface area contributed by atoms with Crippen LogP contribution in [-0.4, -0.2) is 27.8 Å². The summed E-state index contributed by atoms with van der Waals surface area (Å²) in [7, 11) is 1.75. The highest BCUT2D eigenvalue weighted by atomic mass is 16.3. The summed E-state index contributed by atoms with van der Waals surface area (Å²) >= 11 is 0. The summed E-state index contributed by atoms with van der Waals surface area (Å²) in [6, 6.07) is 5.61. The third-order valence-electron chi connectivity index (χ3n) is 3.89. The lowest BCUT2D eigenvalue weighted by Gasteiger charge is -2.15. The second-order valence-electron chi connectivity index (χ2n) is 5.77. The van der Waals surface area contributed by atoms with E-state index in [-0.39, 0.29) is 5.91 Å². The smallest absolute Gasteiger partial charge is 0.272 e. The van der Waals surface area contributed by atoms with E-state index in [0.717, 1.165) is 11.5 Å². The summed E-state index contributed by atoms with van der Waals surface area (Å²) in [5.41, 5.74) is 0.410. The molecule has 21 heavy (non-hydrogen) atoms. The van der Waals surface area contributed by atoms with Gasteiger partial charge in [0.25, 0.3) is 5.91 Å². The summed E-state index contributed by atoms with van der Waals surface area (Å²) in [4.78, 5) is 22.1. The molecular formula is C16H19N3O2. The Balaban J connectivity index is 1.66. The minimum absolute atomic E-state index is 0.127. The van der Waals surface area contributed by atoms with E-state index in [9.17, 15) is 4.79 Å². The number of amides is 1. The molecule has 0 radical (unpaired) electrons. The molecule has 5 nitrogen and oxygen atoms in total. The van der Waals surface area contributed by atoms with Crippen molar-refractivity contribution in [2.75, 3.05) is 7.05 Å². The number of furan rings is 1. The molecule has 3 rings (SSSR count). The Kier molecular flexibility index (Phi) is 3.49. The van der Waals surface area contributed by atoms with Crippen LogP contribution in [0.1, 0.15) is 47.1 Å². The van der Waals surface area contributed by atoms with Gasteiger partial charge in [0.1, 0.15) is 23.0 Å². The van der Waals surface area contributed by atoms with Gasteiger partial charge in [-0.25, -0.2) is 9.97 Å². The summed E-state index contributed by atoms with van der Waals surface area (Å²) in [5.74, 6) is 3.59. The lowest BCUT2D eigenvalue weighted by molar-refractivity contribution is 0.0768. The maximum atomic E-state index is 12.3. The van der Waals surface area contributed by atoms with Gasteiger partial charge >= 0.3 is 0 Å². The predicted molar refractivity (Wildman–Crippen MR) is 77.8 cm³/mol. The van der Waals surface area contributed by atoms with Gasteiger partial charge in [0.2, 0.25) is 0 Å². The first kappa shape index (κ1) is 13.8. The molecule has 0 saturated heterocycles. The van der Waals surface area contributed by atoms with E-state index in [1.807, 2.05) is 12.1 Å². The van der Waals surface area contributed by atoms with Gasteiger partial charge in [-0.2, -0.15) is 0 Å². The van der Waals surface area contributed by atoms with E-state index in [2.05, 4.69) is 16.9 Å². The third kappa shape index (κ3) is 2.96. The van der Waals surface area contributed by atoms with Crippen molar-refractivity contribution >= 4 is 5.91 Å².